The smallest absolute Gasteiger partial charge is 0.226 e. The Balaban J connectivity index is 1.45. The maximum absolute atomic E-state index is 12.4. The summed E-state index contributed by atoms with van der Waals surface area (Å²) in [4.78, 5) is 24.5. The van der Waals surface area contributed by atoms with Crippen molar-refractivity contribution in [2.24, 2.45) is 15.7 Å². The van der Waals surface area contributed by atoms with Crippen LogP contribution < -0.4 is 16.4 Å². The Labute approximate surface area is 162 Å². The van der Waals surface area contributed by atoms with E-state index in [-0.39, 0.29) is 18.4 Å². The topological polar surface area (TPSA) is 95.1 Å². The van der Waals surface area contributed by atoms with Gasteiger partial charge in [-0.3, -0.25) is 4.79 Å². The maximum atomic E-state index is 12.4. The molecule has 8 heteroatoms. The van der Waals surface area contributed by atoms with Crippen LogP contribution in [0, 0.1) is 6.92 Å². The van der Waals surface area contributed by atoms with E-state index < -0.39 is 0 Å². The Kier molecular flexibility index (Phi) is 5.09. The van der Waals surface area contributed by atoms with Crippen LogP contribution in [0.1, 0.15) is 29.7 Å². The third-order valence-corrected chi connectivity index (χ3v) is 5.92. The second-order valence-corrected chi connectivity index (χ2v) is 7.96. The number of aliphatic imine (C=N–C) groups is 2. The van der Waals surface area contributed by atoms with Crippen LogP contribution in [-0.2, 0) is 4.79 Å². The van der Waals surface area contributed by atoms with Crippen molar-refractivity contribution in [2.75, 3.05) is 19.6 Å². The Hall–Kier alpha value is -2.45. The zero-order valence-electron chi connectivity index (χ0n) is 15.4. The molecule has 142 valence electrons. The maximum Gasteiger partial charge on any atom is 0.226 e. The Morgan fingerprint density at radius 2 is 2.41 bits per heavy atom. The minimum absolute atomic E-state index is 0.00344. The highest BCUT2D eigenvalue weighted by Gasteiger charge is 2.27. The average Bonchev–Trinajstić information content (AvgIpc) is 3.09. The number of carbonyl (C=O) groups is 1. The summed E-state index contributed by atoms with van der Waals surface area (Å²) >= 11 is 1.68. The zero-order chi connectivity index (χ0) is 18.8. The highest BCUT2D eigenvalue weighted by Crippen LogP contribution is 2.30. The lowest BCUT2D eigenvalue weighted by Gasteiger charge is -2.31. The number of amidine groups is 2. The van der Waals surface area contributed by atoms with E-state index in [1.165, 1.54) is 5.56 Å². The molecule has 0 radical (unpaired) electrons. The molecule has 0 spiro atoms. The van der Waals surface area contributed by atoms with Crippen LogP contribution in [0.4, 0.5) is 0 Å². The van der Waals surface area contributed by atoms with Gasteiger partial charge >= 0.3 is 0 Å². The van der Waals surface area contributed by atoms with Gasteiger partial charge < -0.3 is 21.3 Å². The summed E-state index contributed by atoms with van der Waals surface area (Å²) < 4.78 is 0. The molecule has 7 nitrogen and oxygen atoms in total. The van der Waals surface area contributed by atoms with Crippen LogP contribution in [0.25, 0.3) is 5.70 Å². The third-order valence-electron chi connectivity index (χ3n) is 4.85. The fraction of sp³-hybridized carbons (Fsp3) is 0.421. The molecule has 0 aliphatic carbocycles. The van der Waals surface area contributed by atoms with Crippen molar-refractivity contribution >= 4 is 34.6 Å². The van der Waals surface area contributed by atoms with Gasteiger partial charge in [0.25, 0.3) is 0 Å². The summed E-state index contributed by atoms with van der Waals surface area (Å²) in [5, 5.41) is 8.51. The monoisotopic (exact) mass is 384 g/mol. The first-order valence-corrected chi connectivity index (χ1v) is 10.1. The van der Waals surface area contributed by atoms with E-state index in [2.05, 4.69) is 43.9 Å². The second kappa shape index (κ2) is 7.66. The molecular weight excluding hydrogens is 360 g/mol. The molecule has 4 rings (SSSR count). The summed E-state index contributed by atoms with van der Waals surface area (Å²) in [6, 6.07) is 2.34. The predicted molar refractivity (Wildman–Crippen MR) is 110 cm³/mol. The molecule has 1 amide bonds. The summed E-state index contributed by atoms with van der Waals surface area (Å²) in [5.74, 6) is 1.02. The van der Waals surface area contributed by atoms with Gasteiger partial charge in [-0.15, -0.1) is 11.3 Å². The first-order chi connectivity index (χ1) is 13.1. The molecule has 3 aliphatic heterocycles. The number of nitrogens with one attached hydrogen (secondary N) is 2. The molecule has 1 fully saturated rings. The van der Waals surface area contributed by atoms with Gasteiger partial charge in [-0.05, 0) is 49.4 Å². The summed E-state index contributed by atoms with van der Waals surface area (Å²) in [6.07, 6.45) is 6.16. The van der Waals surface area contributed by atoms with Crippen molar-refractivity contribution in [1.29, 1.82) is 0 Å². The van der Waals surface area contributed by atoms with Gasteiger partial charge in [0.1, 0.15) is 0 Å². The number of carbonyl (C=O) groups excluding carboxylic acids is 1. The van der Waals surface area contributed by atoms with Crippen molar-refractivity contribution in [3.05, 3.63) is 39.9 Å². The standard InChI is InChI=1S/C19H24N6OS/c1-12-7-16(27-11-12)15-10-22-18(20)19-24-13(4-6-25(15)19)8-17(26)23-14-3-2-5-21-9-14/h4,7,10-11,14,21H,2-3,5-6,8-9H2,1H3,(H2,20,22)(H,23,26). The second-order valence-electron chi connectivity index (χ2n) is 7.05. The SMILES string of the molecule is Cc1csc(C2=CN=C(N)C3=NC(CC(=O)NC4CCCNC4)=CCN23)c1. The Bertz CT molecular complexity index is 859. The van der Waals surface area contributed by atoms with E-state index in [4.69, 9.17) is 5.73 Å². The molecule has 1 aromatic heterocycles. The Morgan fingerprint density at radius 1 is 1.52 bits per heavy atom. The molecule has 1 unspecified atom stereocenters. The van der Waals surface area contributed by atoms with E-state index in [0.717, 1.165) is 42.2 Å². The number of nitrogens with two attached hydrogens (primary N) is 1. The highest BCUT2D eigenvalue weighted by atomic mass is 32.1. The lowest BCUT2D eigenvalue weighted by Crippen LogP contribution is -2.46. The Morgan fingerprint density at radius 3 is 3.15 bits per heavy atom. The minimum Gasteiger partial charge on any atom is -0.381 e. The van der Waals surface area contributed by atoms with Gasteiger partial charge in [0.2, 0.25) is 5.91 Å². The minimum atomic E-state index is 0.00344. The first-order valence-electron chi connectivity index (χ1n) is 9.25. The van der Waals surface area contributed by atoms with E-state index in [1.54, 1.807) is 17.5 Å². The molecule has 4 heterocycles. The molecular formula is C19H24N6OS. The first kappa shape index (κ1) is 17.9. The van der Waals surface area contributed by atoms with E-state index in [1.807, 2.05) is 6.08 Å². The predicted octanol–water partition coefficient (Wildman–Crippen LogP) is 1.58. The number of hydrogen-bond acceptors (Lipinski definition) is 7. The zero-order valence-corrected chi connectivity index (χ0v) is 16.2. The molecule has 0 aromatic carbocycles. The van der Waals surface area contributed by atoms with Gasteiger partial charge in [0.05, 0.1) is 28.9 Å². The van der Waals surface area contributed by atoms with Crippen LogP contribution in [-0.4, -0.2) is 48.2 Å². The number of thiophene rings is 1. The van der Waals surface area contributed by atoms with Gasteiger partial charge in [0, 0.05) is 19.1 Å². The van der Waals surface area contributed by atoms with Crippen molar-refractivity contribution < 1.29 is 4.79 Å². The normalized spacial score (nSPS) is 22.3. The summed E-state index contributed by atoms with van der Waals surface area (Å²) in [6.45, 7) is 4.57. The lowest BCUT2D eigenvalue weighted by molar-refractivity contribution is -0.121. The van der Waals surface area contributed by atoms with Gasteiger partial charge in [-0.2, -0.15) is 0 Å². The number of aryl methyl sites for hydroxylation is 1. The number of fused-ring (bicyclic) bond motifs is 1. The summed E-state index contributed by atoms with van der Waals surface area (Å²) in [5.41, 5.74) is 9.03. The van der Waals surface area contributed by atoms with E-state index >= 15 is 0 Å². The third kappa shape index (κ3) is 3.96. The molecule has 1 aromatic rings. The van der Waals surface area contributed by atoms with Crippen LogP contribution in [0.2, 0.25) is 0 Å². The van der Waals surface area contributed by atoms with Crippen molar-refractivity contribution in [2.45, 2.75) is 32.2 Å². The number of amides is 1. The molecule has 3 aliphatic rings. The number of rotatable bonds is 4. The molecule has 1 saturated heterocycles. The van der Waals surface area contributed by atoms with Gasteiger partial charge in [-0.1, -0.05) is 0 Å². The van der Waals surface area contributed by atoms with Gasteiger partial charge in [-0.25, -0.2) is 9.98 Å². The molecule has 1 atom stereocenters. The van der Waals surface area contributed by atoms with E-state index in [9.17, 15) is 4.79 Å². The lowest BCUT2D eigenvalue weighted by atomic mass is 10.1. The van der Waals surface area contributed by atoms with Crippen LogP contribution >= 0.6 is 11.3 Å². The van der Waals surface area contributed by atoms with Crippen molar-refractivity contribution in [3.8, 4) is 0 Å². The van der Waals surface area contributed by atoms with Gasteiger partial charge in [0.15, 0.2) is 11.7 Å². The average molecular weight is 385 g/mol. The largest absolute Gasteiger partial charge is 0.381 e. The molecule has 0 saturated carbocycles. The van der Waals surface area contributed by atoms with Crippen molar-refractivity contribution in [3.63, 3.8) is 0 Å². The van der Waals surface area contributed by atoms with Crippen molar-refractivity contribution in [1.82, 2.24) is 15.5 Å². The quantitative estimate of drug-likeness (QED) is 0.735. The van der Waals surface area contributed by atoms with Crippen LogP contribution in [0.5, 0.6) is 0 Å². The van der Waals surface area contributed by atoms with Crippen LogP contribution in [0.3, 0.4) is 0 Å². The fourth-order valence-corrected chi connectivity index (χ4v) is 4.40. The number of piperidine rings is 1. The summed E-state index contributed by atoms with van der Waals surface area (Å²) in [7, 11) is 0. The van der Waals surface area contributed by atoms with Crippen LogP contribution in [0.15, 0.2) is 39.4 Å². The molecule has 0 bridgehead atoms. The highest BCUT2D eigenvalue weighted by molar-refractivity contribution is 7.11. The fourth-order valence-electron chi connectivity index (χ4n) is 3.48. The molecule has 4 N–H and O–H groups in total. The number of hydrogen-bond donors (Lipinski definition) is 3. The van der Waals surface area contributed by atoms with E-state index in [0.29, 0.717) is 18.2 Å². The molecule has 27 heavy (non-hydrogen) atoms. The number of nitrogens with zero attached hydrogens (tertiary/aromatic N) is 3.